The molecule has 2 unspecified atom stereocenters. The summed E-state index contributed by atoms with van der Waals surface area (Å²) in [5.74, 6) is 0.890. The van der Waals surface area contributed by atoms with Gasteiger partial charge >= 0.3 is 0 Å². The van der Waals surface area contributed by atoms with Gasteiger partial charge in [-0.05, 0) is 42.4 Å². The lowest BCUT2D eigenvalue weighted by Crippen LogP contribution is -2.40. The average Bonchev–Trinajstić information content (AvgIpc) is 2.80. The van der Waals surface area contributed by atoms with Crippen molar-refractivity contribution in [2.24, 2.45) is 11.3 Å². The molecule has 0 radical (unpaired) electrons. The van der Waals surface area contributed by atoms with Gasteiger partial charge in [-0.25, -0.2) is 4.98 Å². The molecule has 0 aliphatic carbocycles. The van der Waals surface area contributed by atoms with Gasteiger partial charge in [0.15, 0.2) is 0 Å². The molecule has 0 aliphatic rings. The van der Waals surface area contributed by atoms with Crippen LogP contribution >= 0.6 is 0 Å². The molecular weight excluding hydrogens is 438 g/mol. The number of para-hydroxylation sites is 1. The fourth-order valence-corrected chi connectivity index (χ4v) is 4.82. The first kappa shape index (κ1) is 26.6. The number of rotatable bonds is 10. The molecule has 188 valence electrons. The Morgan fingerprint density at radius 3 is 2.37 bits per heavy atom. The zero-order valence-corrected chi connectivity index (χ0v) is 22.0. The van der Waals surface area contributed by atoms with E-state index in [1.807, 2.05) is 66.4 Å². The fourth-order valence-electron chi connectivity index (χ4n) is 4.82. The zero-order chi connectivity index (χ0) is 25.6. The van der Waals surface area contributed by atoms with Crippen molar-refractivity contribution >= 4 is 16.8 Å². The number of amides is 1. The summed E-state index contributed by atoms with van der Waals surface area (Å²) in [5, 5.41) is 0.577. The Morgan fingerprint density at radius 2 is 1.71 bits per heavy atom. The highest BCUT2D eigenvalue weighted by Gasteiger charge is 2.28. The van der Waals surface area contributed by atoms with Crippen LogP contribution in [0.3, 0.4) is 0 Å². The predicted molar refractivity (Wildman–Crippen MR) is 141 cm³/mol. The van der Waals surface area contributed by atoms with Crippen LogP contribution in [0.1, 0.15) is 64.9 Å². The molecule has 0 spiro atoms. The van der Waals surface area contributed by atoms with Crippen molar-refractivity contribution in [1.29, 1.82) is 0 Å². The number of methoxy groups -OCH3 is 1. The summed E-state index contributed by atoms with van der Waals surface area (Å²) in [6.07, 6.45) is 1.40. The van der Waals surface area contributed by atoms with Gasteiger partial charge in [0, 0.05) is 20.1 Å². The van der Waals surface area contributed by atoms with Crippen molar-refractivity contribution in [1.82, 2.24) is 14.5 Å². The maximum Gasteiger partial charge on any atom is 0.261 e. The molecule has 0 fully saturated rings. The van der Waals surface area contributed by atoms with E-state index in [9.17, 15) is 9.59 Å². The first-order valence-corrected chi connectivity index (χ1v) is 12.4. The quantitative estimate of drug-likeness (QED) is 0.390. The second-order valence-corrected chi connectivity index (χ2v) is 10.7. The van der Waals surface area contributed by atoms with Crippen LogP contribution in [0.25, 0.3) is 10.9 Å². The third-order valence-electron chi connectivity index (χ3n) is 6.26. The number of ether oxygens (including phenoxy) is 1. The number of carbonyl (C=O) groups is 1. The Hall–Kier alpha value is -2.99. The molecular formula is C29H39N3O3. The van der Waals surface area contributed by atoms with Gasteiger partial charge in [-0.2, -0.15) is 0 Å². The molecule has 6 heteroatoms. The van der Waals surface area contributed by atoms with Crippen LogP contribution < -0.4 is 5.56 Å². The number of carbonyl (C=O) groups excluding carboxylic acids is 1. The van der Waals surface area contributed by atoms with E-state index in [-0.39, 0.29) is 28.8 Å². The summed E-state index contributed by atoms with van der Waals surface area (Å²) >= 11 is 0. The zero-order valence-electron chi connectivity index (χ0n) is 22.0. The van der Waals surface area contributed by atoms with E-state index in [0.29, 0.717) is 42.8 Å². The second kappa shape index (κ2) is 11.6. The Balaban J connectivity index is 2.03. The molecule has 1 heterocycles. The maximum atomic E-state index is 13.6. The minimum absolute atomic E-state index is 0.0555. The lowest BCUT2D eigenvalue weighted by atomic mass is 9.84. The lowest BCUT2D eigenvalue weighted by molar-refractivity contribution is -0.135. The summed E-state index contributed by atoms with van der Waals surface area (Å²) < 4.78 is 7.05. The predicted octanol–water partition coefficient (Wildman–Crippen LogP) is 5.44. The molecule has 0 aliphatic heterocycles. The Morgan fingerprint density at radius 1 is 1.06 bits per heavy atom. The Labute approximate surface area is 208 Å². The van der Waals surface area contributed by atoms with Crippen LogP contribution in [0.4, 0.5) is 0 Å². The van der Waals surface area contributed by atoms with E-state index >= 15 is 0 Å². The highest BCUT2D eigenvalue weighted by Crippen LogP contribution is 2.28. The van der Waals surface area contributed by atoms with Gasteiger partial charge in [-0.15, -0.1) is 0 Å². The van der Waals surface area contributed by atoms with Crippen LogP contribution in [-0.2, 0) is 16.1 Å². The topological polar surface area (TPSA) is 64.4 Å². The second-order valence-electron chi connectivity index (χ2n) is 10.7. The first-order chi connectivity index (χ1) is 16.6. The van der Waals surface area contributed by atoms with E-state index in [1.54, 1.807) is 11.7 Å². The van der Waals surface area contributed by atoms with Crippen molar-refractivity contribution in [2.75, 3.05) is 20.3 Å². The minimum atomic E-state index is -0.388. The van der Waals surface area contributed by atoms with Crippen LogP contribution in [0.15, 0.2) is 59.4 Å². The molecule has 0 saturated carbocycles. The Kier molecular flexibility index (Phi) is 8.84. The van der Waals surface area contributed by atoms with Gasteiger partial charge in [0.25, 0.3) is 5.56 Å². The van der Waals surface area contributed by atoms with Crippen molar-refractivity contribution < 1.29 is 9.53 Å². The SMILES string of the molecule is COCCN(C(=O)CC(C)CC(C)(C)C)C(C)c1nc2ccccc2c(=O)n1Cc1ccccc1. The van der Waals surface area contributed by atoms with Crippen LogP contribution in [0, 0.1) is 11.3 Å². The molecule has 3 aromatic rings. The van der Waals surface area contributed by atoms with E-state index in [0.717, 1.165) is 12.0 Å². The summed E-state index contributed by atoms with van der Waals surface area (Å²) in [7, 11) is 1.63. The number of hydrogen-bond acceptors (Lipinski definition) is 4. The normalized spacial score (nSPS) is 13.5. The summed E-state index contributed by atoms with van der Waals surface area (Å²) in [6.45, 7) is 11.9. The third-order valence-corrected chi connectivity index (χ3v) is 6.26. The van der Waals surface area contributed by atoms with Gasteiger partial charge in [0.1, 0.15) is 5.82 Å². The first-order valence-electron chi connectivity index (χ1n) is 12.4. The summed E-state index contributed by atoms with van der Waals surface area (Å²) in [5.41, 5.74) is 1.71. The molecule has 0 saturated heterocycles. The van der Waals surface area contributed by atoms with Crippen LogP contribution in [-0.4, -0.2) is 40.6 Å². The van der Waals surface area contributed by atoms with E-state index < -0.39 is 0 Å². The average molecular weight is 478 g/mol. The van der Waals surface area contributed by atoms with Gasteiger partial charge in [0.2, 0.25) is 5.91 Å². The highest BCUT2D eigenvalue weighted by atomic mass is 16.5. The number of benzene rings is 2. The van der Waals surface area contributed by atoms with Gasteiger partial charge in [0.05, 0.1) is 30.1 Å². The van der Waals surface area contributed by atoms with Crippen LogP contribution in [0.5, 0.6) is 0 Å². The third kappa shape index (κ3) is 7.01. The molecule has 0 N–H and O–H groups in total. The largest absolute Gasteiger partial charge is 0.383 e. The number of aromatic nitrogens is 2. The fraction of sp³-hybridized carbons (Fsp3) is 0.483. The summed E-state index contributed by atoms with van der Waals surface area (Å²) in [4.78, 5) is 33.9. The molecule has 0 bridgehead atoms. The van der Waals surface area contributed by atoms with E-state index in [2.05, 4.69) is 27.7 Å². The molecule has 1 amide bonds. The molecule has 1 aromatic heterocycles. The number of nitrogens with zero attached hydrogens (tertiary/aromatic N) is 3. The minimum Gasteiger partial charge on any atom is -0.383 e. The van der Waals surface area contributed by atoms with Gasteiger partial charge in [-0.1, -0.05) is 70.2 Å². The van der Waals surface area contributed by atoms with Crippen molar-refractivity contribution in [3.63, 3.8) is 0 Å². The molecule has 3 rings (SSSR count). The Bertz CT molecular complexity index is 1180. The maximum absolute atomic E-state index is 13.6. The number of hydrogen-bond donors (Lipinski definition) is 0. The lowest BCUT2D eigenvalue weighted by Gasteiger charge is -2.32. The molecule has 2 aromatic carbocycles. The van der Waals surface area contributed by atoms with Gasteiger partial charge < -0.3 is 9.64 Å². The standard InChI is InChI=1S/C29H39N3O3/c1-21(19-29(3,4)5)18-26(33)31(16-17-35-6)22(2)27-30-25-15-11-10-14-24(25)28(34)32(27)20-23-12-8-7-9-13-23/h7-15,21-22H,16-20H2,1-6H3. The summed E-state index contributed by atoms with van der Waals surface area (Å²) in [6, 6.07) is 16.9. The van der Waals surface area contributed by atoms with Crippen LogP contribution in [0.2, 0.25) is 0 Å². The van der Waals surface area contributed by atoms with Crippen molar-refractivity contribution in [3.8, 4) is 0 Å². The molecule has 6 nitrogen and oxygen atoms in total. The number of fused-ring (bicyclic) bond motifs is 1. The van der Waals surface area contributed by atoms with Gasteiger partial charge in [-0.3, -0.25) is 14.2 Å². The highest BCUT2D eigenvalue weighted by molar-refractivity contribution is 5.78. The molecule has 35 heavy (non-hydrogen) atoms. The van der Waals surface area contributed by atoms with E-state index in [4.69, 9.17) is 9.72 Å². The monoisotopic (exact) mass is 477 g/mol. The van der Waals surface area contributed by atoms with Crippen molar-refractivity contribution in [3.05, 3.63) is 76.3 Å². The van der Waals surface area contributed by atoms with Crippen molar-refractivity contribution in [2.45, 2.75) is 60.0 Å². The smallest absolute Gasteiger partial charge is 0.261 e. The van der Waals surface area contributed by atoms with E-state index in [1.165, 1.54) is 0 Å². The molecule has 2 atom stereocenters.